The Kier molecular flexibility index (Phi) is 4.63. The van der Waals surface area contributed by atoms with Gasteiger partial charge in [-0.05, 0) is 29.1 Å². The molecule has 0 fully saturated rings. The highest BCUT2D eigenvalue weighted by Crippen LogP contribution is 2.32. The molecular weight excluding hydrogens is 331 g/mol. The van der Waals surface area contributed by atoms with Crippen LogP contribution in [0.1, 0.15) is 21.9 Å². The van der Waals surface area contributed by atoms with Crippen LogP contribution in [-0.2, 0) is 6.54 Å². The number of benzene rings is 2. The highest BCUT2D eigenvalue weighted by molar-refractivity contribution is 7.10. The number of aromatic nitrogens is 1. The zero-order chi connectivity index (χ0) is 17.1. The van der Waals surface area contributed by atoms with Crippen molar-refractivity contribution in [3.63, 3.8) is 0 Å². The van der Waals surface area contributed by atoms with Gasteiger partial charge < -0.3 is 10.3 Å². The van der Waals surface area contributed by atoms with Crippen molar-refractivity contribution in [1.82, 2.24) is 10.3 Å². The van der Waals surface area contributed by atoms with E-state index in [9.17, 15) is 4.39 Å². The van der Waals surface area contributed by atoms with Crippen LogP contribution < -0.4 is 5.32 Å². The third kappa shape index (κ3) is 3.36. The Morgan fingerprint density at radius 2 is 1.84 bits per heavy atom. The second kappa shape index (κ2) is 7.21. The van der Waals surface area contributed by atoms with E-state index in [2.05, 4.69) is 52.2 Å². The molecule has 4 rings (SSSR count). The van der Waals surface area contributed by atoms with Crippen LogP contribution in [0.2, 0.25) is 0 Å². The van der Waals surface area contributed by atoms with Crippen LogP contribution in [0.5, 0.6) is 0 Å². The van der Waals surface area contributed by atoms with E-state index < -0.39 is 0 Å². The van der Waals surface area contributed by atoms with Crippen molar-refractivity contribution in [2.24, 2.45) is 0 Å². The normalized spacial score (nSPS) is 12.5. The maximum absolute atomic E-state index is 13.8. The summed E-state index contributed by atoms with van der Waals surface area (Å²) >= 11 is 1.76. The van der Waals surface area contributed by atoms with Gasteiger partial charge >= 0.3 is 0 Å². The number of thiophene rings is 1. The average molecular weight is 350 g/mol. The molecule has 2 N–H and O–H groups in total. The fourth-order valence-electron chi connectivity index (χ4n) is 3.23. The lowest BCUT2D eigenvalue weighted by molar-refractivity contribution is 0.579. The van der Waals surface area contributed by atoms with Crippen molar-refractivity contribution < 1.29 is 4.39 Å². The fraction of sp³-hybridized carbons (Fsp3) is 0.143. The summed E-state index contributed by atoms with van der Waals surface area (Å²) in [5.41, 5.74) is 3.12. The van der Waals surface area contributed by atoms with E-state index in [1.165, 1.54) is 21.9 Å². The Balaban J connectivity index is 1.58. The van der Waals surface area contributed by atoms with E-state index >= 15 is 0 Å². The van der Waals surface area contributed by atoms with Gasteiger partial charge in [0.15, 0.2) is 0 Å². The van der Waals surface area contributed by atoms with Crippen molar-refractivity contribution in [3.8, 4) is 0 Å². The van der Waals surface area contributed by atoms with Crippen molar-refractivity contribution in [2.45, 2.75) is 12.5 Å². The SMILES string of the molecule is Fc1ccccc1CNC[C@@H](c1cccs1)c1c[nH]c2ccccc12. The van der Waals surface area contributed by atoms with Crippen LogP contribution >= 0.6 is 11.3 Å². The van der Waals surface area contributed by atoms with Gasteiger partial charge in [-0.15, -0.1) is 11.3 Å². The molecular formula is C21H19FN2S. The summed E-state index contributed by atoms with van der Waals surface area (Å²) in [5.74, 6) is 0.0812. The predicted molar refractivity (Wildman–Crippen MR) is 103 cm³/mol. The molecule has 25 heavy (non-hydrogen) atoms. The van der Waals surface area contributed by atoms with Crippen LogP contribution in [0, 0.1) is 5.82 Å². The minimum atomic E-state index is -0.158. The molecule has 1 atom stereocenters. The second-order valence-electron chi connectivity index (χ2n) is 6.08. The van der Waals surface area contributed by atoms with Gasteiger partial charge in [0.25, 0.3) is 0 Å². The second-order valence-corrected chi connectivity index (χ2v) is 7.06. The van der Waals surface area contributed by atoms with E-state index in [4.69, 9.17) is 0 Å². The lowest BCUT2D eigenvalue weighted by atomic mass is 9.96. The molecule has 2 heterocycles. The monoisotopic (exact) mass is 350 g/mol. The Labute approximate surface area is 150 Å². The van der Waals surface area contributed by atoms with E-state index in [0.29, 0.717) is 12.1 Å². The van der Waals surface area contributed by atoms with Crippen LogP contribution in [0.25, 0.3) is 10.9 Å². The van der Waals surface area contributed by atoms with Crippen LogP contribution in [-0.4, -0.2) is 11.5 Å². The quantitative estimate of drug-likeness (QED) is 0.486. The van der Waals surface area contributed by atoms with Gasteiger partial charge in [0.05, 0.1) is 0 Å². The molecule has 0 saturated carbocycles. The van der Waals surface area contributed by atoms with Crippen molar-refractivity contribution in [2.75, 3.05) is 6.54 Å². The number of H-pyrrole nitrogens is 1. The van der Waals surface area contributed by atoms with E-state index in [1.54, 1.807) is 17.4 Å². The minimum absolute atomic E-state index is 0.158. The zero-order valence-electron chi connectivity index (χ0n) is 13.7. The molecule has 2 aromatic heterocycles. The summed E-state index contributed by atoms with van der Waals surface area (Å²) in [6.45, 7) is 1.29. The van der Waals surface area contributed by atoms with Gasteiger partial charge in [0, 0.05) is 46.5 Å². The van der Waals surface area contributed by atoms with Gasteiger partial charge in [-0.2, -0.15) is 0 Å². The number of hydrogen-bond acceptors (Lipinski definition) is 2. The highest BCUT2D eigenvalue weighted by Gasteiger charge is 2.18. The first-order valence-electron chi connectivity index (χ1n) is 8.36. The van der Waals surface area contributed by atoms with E-state index in [0.717, 1.165) is 12.1 Å². The van der Waals surface area contributed by atoms with Gasteiger partial charge in [-0.3, -0.25) is 0 Å². The van der Waals surface area contributed by atoms with Crippen LogP contribution in [0.3, 0.4) is 0 Å². The summed E-state index contributed by atoms with van der Waals surface area (Å²) in [5, 5.41) is 6.79. The number of rotatable bonds is 6. The molecule has 2 nitrogen and oxygen atoms in total. The number of fused-ring (bicyclic) bond motifs is 1. The Morgan fingerprint density at radius 1 is 1.00 bits per heavy atom. The average Bonchev–Trinajstić information content (AvgIpc) is 3.30. The van der Waals surface area contributed by atoms with Crippen molar-refractivity contribution >= 4 is 22.2 Å². The van der Waals surface area contributed by atoms with Crippen molar-refractivity contribution in [1.29, 1.82) is 0 Å². The van der Waals surface area contributed by atoms with Gasteiger partial charge in [0.1, 0.15) is 5.82 Å². The molecule has 0 radical (unpaired) electrons. The maximum atomic E-state index is 13.8. The molecule has 0 saturated heterocycles. The maximum Gasteiger partial charge on any atom is 0.127 e. The minimum Gasteiger partial charge on any atom is -0.361 e. The van der Waals surface area contributed by atoms with Gasteiger partial charge in [0.2, 0.25) is 0 Å². The molecule has 0 aliphatic rings. The molecule has 126 valence electrons. The molecule has 0 bridgehead atoms. The molecule has 4 aromatic rings. The van der Waals surface area contributed by atoms with Crippen LogP contribution in [0.4, 0.5) is 4.39 Å². The summed E-state index contributed by atoms with van der Waals surface area (Å²) in [6, 6.07) is 19.5. The lowest BCUT2D eigenvalue weighted by Crippen LogP contribution is -2.22. The first-order chi connectivity index (χ1) is 12.3. The summed E-state index contributed by atoms with van der Waals surface area (Å²) < 4.78 is 13.8. The Bertz CT molecular complexity index is 959. The van der Waals surface area contributed by atoms with Gasteiger partial charge in [-0.1, -0.05) is 42.5 Å². The lowest BCUT2D eigenvalue weighted by Gasteiger charge is -2.16. The molecule has 4 heteroatoms. The smallest absolute Gasteiger partial charge is 0.127 e. The van der Waals surface area contributed by atoms with Gasteiger partial charge in [-0.25, -0.2) is 4.39 Å². The van der Waals surface area contributed by atoms with E-state index in [-0.39, 0.29) is 11.7 Å². The number of hydrogen-bond donors (Lipinski definition) is 2. The van der Waals surface area contributed by atoms with E-state index in [1.807, 2.05) is 18.2 Å². The molecule has 2 aromatic carbocycles. The summed E-state index contributed by atoms with van der Waals surface area (Å²) in [4.78, 5) is 4.68. The fourth-order valence-corrected chi connectivity index (χ4v) is 4.07. The Morgan fingerprint density at radius 3 is 2.68 bits per heavy atom. The number of nitrogens with one attached hydrogen (secondary N) is 2. The third-order valence-electron chi connectivity index (χ3n) is 4.51. The molecule has 0 aliphatic carbocycles. The Hall–Kier alpha value is -2.43. The summed E-state index contributed by atoms with van der Waals surface area (Å²) in [6.07, 6.45) is 2.10. The predicted octanol–water partition coefficient (Wildman–Crippen LogP) is 5.29. The molecule has 0 unspecified atom stereocenters. The zero-order valence-corrected chi connectivity index (χ0v) is 14.5. The largest absolute Gasteiger partial charge is 0.361 e. The summed E-state index contributed by atoms with van der Waals surface area (Å²) in [7, 11) is 0. The number of halogens is 1. The topological polar surface area (TPSA) is 27.8 Å². The third-order valence-corrected chi connectivity index (χ3v) is 5.49. The molecule has 0 amide bonds. The molecule has 0 aliphatic heterocycles. The number of para-hydroxylation sites is 1. The standard InChI is InChI=1S/C21H19FN2S/c22-19-8-3-1-6-15(19)12-23-13-18(21-10-5-11-25-21)17-14-24-20-9-4-2-7-16(17)20/h1-11,14,18,23-24H,12-13H2/t18-/m1/s1. The first kappa shape index (κ1) is 16.1. The molecule has 0 spiro atoms. The highest BCUT2D eigenvalue weighted by atomic mass is 32.1. The van der Waals surface area contributed by atoms with Crippen LogP contribution in [0.15, 0.2) is 72.2 Å². The van der Waals surface area contributed by atoms with Crippen molar-refractivity contribution in [3.05, 3.63) is 94.1 Å². The first-order valence-corrected chi connectivity index (χ1v) is 9.24. The number of aromatic amines is 1.